The zero-order chi connectivity index (χ0) is 25.5. The summed E-state index contributed by atoms with van der Waals surface area (Å²) in [6, 6.07) is 9.32. The van der Waals surface area contributed by atoms with Gasteiger partial charge in [0, 0.05) is 36.8 Å². The van der Waals surface area contributed by atoms with Crippen LogP contribution in [0.1, 0.15) is 67.4 Å². The molecule has 194 valence electrons. The SMILES string of the molecule is COc1cc(CNC(=O)c2ccc3c(c2)CNCCCCCCCN3C(=O)C(C)C)cc2c1OCO2. The molecule has 4 rings (SSSR count). The lowest BCUT2D eigenvalue weighted by molar-refractivity contribution is -0.121. The Morgan fingerprint density at radius 2 is 1.89 bits per heavy atom. The molecule has 0 fully saturated rings. The van der Waals surface area contributed by atoms with Gasteiger partial charge in [-0.05, 0) is 60.8 Å². The highest BCUT2D eigenvalue weighted by Gasteiger charge is 2.23. The van der Waals surface area contributed by atoms with Gasteiger partial charge in [0.25, 0.3) is 5.91 Å². The van der Waals surface area contributed by atoms with Gasteiger partial charge in [-0.1, -0.05) is 33.1 Å². The lowest BCUT2D eigenvalue weighted by Crippen LogP contribution is -2.36. The molecule has 0 spiro atoms. The number of anilines is 1. The van der Waals surface area contributed by atoms with Crippen molar-refractivity contribution in [3.05, 3.63) is 47.0 Å². The molecule has 36 heavy (non-hydrogen) atoms. The summed E-state index contributed by atoms with van der Waals surface area (Å²) < 4.78 is 16.3. The first kappa shape index (κ1) is 25.8. The predicted octanol–water partition coefficient (Wildman–Crippen LogP) is 4.40. The normalized spacial score (nSPS) is 16.1. The topological polar surface area (TPSA) is 89.1 Å². The summed E-state index contributed by atoms with van der Waals surface area (Å²) in [6.45, 7) is 6.56. The van der Waals surface area contributed by atoms with Crippen molar-refractivity contribution in [2.24, 2.45) is 5.92 Å². The number of hydrogen-bond acceptors (Lipinski definition) is 6. The lowest BCUT2D eigenvalue weighted by atomic mass is 10.0. The van der Waals surface area contributed by atoms with Crippen LogP contribution in [0.5, 0.6) is 17.2 Å². The molecule has 2 N–H and O–H groups in total. The van der Waals surface area contributed by atoms with E-state index in [0.29, 0.717) is 42.4 Å². The van der Waals surface area contributed by atoms with E-state index >= 15 is 0 Å². The van der Waals surface area contributed by atoms with E-state index in [1.54, 1.807) is 13.2 Å². The van der Waals surface area contributed by atoms with Crippen molar-refractivity contribution in [2.75, 3.05) is 31.9 Å². The van der Waals surface area contributed by atoms with Gasteiger partial charge in [-0.25, -0.2) is 0 Å². The molecule has 0 bridgehead atoms. The number of rotatable bonds is 5. The van der Waals surface area contributed by atoms with Gasteiger partial charge in [-0.2, -0.15) is 0 Å². The Morgan fingerprint density at radius 3 is 2.69 bits per heavy atom. The molecule has 2 amide bonds. The smallest absolute Gasteiger partial charge is 0.251 e. The van der Waals surface area contributed by atoms with E-state index in [1.807, 2.05) is 43.0 Å². The second kappa shape index (κ2) is 12.1. The maximum atomic E-state index is 13.1. The summed E-state index contributed by atoms with van der Waals surface area (Å²) in [5, 5.41) is 6.49. The zero-order valence-corrected chi connectivity index (χ0v) is 21.5. The molecule has 2 aliphatic heterocycles. The molecule has 0 saturated carbocycles. The minimum Gasteiger partial charge on any atom is -0.493 e. The van der Waals surface area contributed by atoms with Crippen molar-refractivity contribution < 1.29 is 23.8 Å². The van der Waals surface area contributed by atoms with Crippen LogP contribution in [0.3, 0.4) is 0 Å². The van der Waals surface area contributed by atoms with Crippen molar-refractivity contribution in [1.82, 2.24) is 10.6 Å². The van der Waals surface area contributed by atoms with Crippen LogP contribution in [0.4, 0.5) is 5.69 Å². The third-order valence-corrected chi connectivity index (χ3v) is 6.61. The molecule has 2 aliphatic rings. The molecule has 2 heterocycles. The molecule has 8 heteroatoms. The van der Waals surface area contributed by atoms with E-state index < -0.39 is 0 Å². The van der Waals surface area contributed by atoms with Gasteiger partial charge in [0.1, 0.15) is 0 Å². The summed E-state index contributed by atoms with van der Waals surface area (Å²) >= 11 is 0. The summed E-state index contributed by atoms with van der Waals surface area (Å²) in [4.78, 5) is 28.1. The molecule has 0 aliphatic carbocycles. The number of nitrogens with zero attached hydrogens (tertiary/aromatic N) is 1. The highest BCUT2D eigenvalue weighted by atomic mass is 16.7. The van der Waals surface area contributed by atoms with E-state index in [4.69, 9.17) is 14.2 Å². The molecular formula is C28H37N3O5. The second-order valence-corrected chi connectivity index (χ2v) is 9.65. The number of hydrogen-bond donors (Lipinski definition) is 2. The number of fused-ring (bicyclic) bond motifs is 2. The number of nitrogens with one attached hydrogen (secondary N) is 2. The summed E-state index contributed by atoms with van der Waals surface area (Å²) in [5.74, 6) is 1.61. The number of benzene rings is 2. The average molecular weight is 496 g/mol. The molecule has 2 aromatic rings. The van der Waals surface area contributed by atoms with Crippen molar-refractivity contribution in [2.45, 2.75) is 59.0 Å². The number of carbonyl (C=O) groups excluding carboxylic acids is 2. The fourth-order valence-corrected chi connectivity index (χ4v) is 4.64. The van der Waals surface area contributed by atoms with Gasteiger partial charge in [0.05, 0.1) is 7.11 Å². The molecule has 8 nitrogen and oxygen atoms in total. The van der Waals surface area contributed by atoms with Crippen molar-refractivity contribution >= 4 is 17.5 Å². The fraction of sp³-hybridized carbons (Fsp3) is 0.500. The molecule has 0 atom stereocenters. The van der Waals surface area contributed by atoms with Gasteiger partial charge < -0.3 is 29.7 Å². The van der Waals surface area contributed by atoms with Gasteiger partial charge in [-0.15, -0.1) is 0 Å². The molecule has 0 saturated heterocycles. The second-order valence-electron chi connectivity index (χ2n) is 9.65. The Morgan fingerprint density at radius 1 is 1.08 bits per heavy atom. The average Bonchev–Trinajstić information content (AvgIpc) is 3.35. The van der Waals surface area contributed by atoms with E-state index in [2.05, 4.69) is 10.6 Å². The first-order valence-corrected chi connectivity index (χ1v) is 12.9. The summed E-state index contributed by atoms with van der Waals surface area (Å²) in [7, 11) is 1.58. The van der Waals surface area contributed by atoms with Gasteiger partial charge in [0.2, 0.25) is 18.4 Å². The molecule has 2 aromatic carbocycles. The maximum absolute atomic E-state index is 13.1. The monoisotopic (exact) mass is 495 g/mol. The number of carbonyl (C=O) groups is 2. The highest BCUT2D eigenvalue weighted by Crippen LogP contribution is 2.41. The quantitative estimate of drug-likeness (QED) is 0.639. The van der Waals surface area contributed by atoms with Crippen LogP contribution in [0, 0.1) is 5.92 Å². The van der Waals surface area contributed by atoms with Crippen LogP contribution in [0.2, 0.25) is 0 Å². The maximum Gasteiger partial charge on any atom is 0.251 e. The first-order valence-electron chi connectivity index (χ1n) is 12.9. The van der Waals surface area contributed by atoms with Gasteiger partial charge >= 0.3 is 0 Å². The number of amides is 2. The lowest BCUT2D eigenvalue weighted by Gasteiger charge is -2.28. The zero-order valence-electron chi connectivity index (χ0n) is 21.5. The number of ether oxygens (including phenoxy) is 3. The van der Waals surface area contributed by atoms with Crippen LogP contribution in [-0.4, -0.2) is 38.8 Å². The van der Waals surface area contributed by atoms with Gasteiger partial charge in [-0.3, -0.25) is 9.59 Å². The van der Waals surface area contributed by atoms with E-state index in [0.717, 1.165) is 42.6 Å². The van der Waals surface area contributed by atoms with E-state index in [1.165, 1.54) is 12.8 Å². The Balaban J connectivity index is 1.54. The van der Waals surface area contributed by atoms with E-state index in [-0.39, 0.29) is 24.5 Å². The molecule has 0 unspecified atom stereocenters. The van der Waals surface area contributed by atoms with Crippen molar-refractivity contribution in [3.8, 4) is 17.2 Å². The molecule has 0 aromatic heterocycles. The van der Waals surface area contributed by atoms with Crippen LogP contribution in [0.15, 0.2) is 30.3 Å². The minimum absolute atomic E-state index is 0.0969. The third-order valence-electron chi connectivity index (χ3n) is 6.61. The fourth-order valence-electron chi connectivity index (χ4n) is 4.64. The van der Waals surface area contributed by atoms with Crippen molar-refractivity contribution in [1.29, 1.82) is 0 Å². The Hall–Kier alpha value is -3.26. The van der Waals surface area contributed by atoms with E-state index in [9.17, 15) is 9.59 Å². The predicted molar refractivity (Wildman–Crippen MR) is 139 cm³/mol. The largest absolute Gasteiger partial charge is 0.493 e. The highest BCUT2D eigenvalue weighted by molar-refractivity contribution is 5.98. The van der Waals surface area contributed by atoms with Gasteiger partial charge in [0.15, 0.2) is 11.5 Å². The molecular weight excluding hydrogens is 458 g/mol. The number of methoxy groups -OCH3 is 1. The Bertz CT molecular complexity index is 1090. The van der Waals surface area contributed by atoms with Crippen LogP contribution < -0.4 is 29.7 Å². The third kappa shape index (κ3) is 6.10. The first-order chi connectivity index (χ1) is 17.5. The Labute approximate surface area is 213 Å². The standard InChI is InChI=1S/C28H37N3O5/c1-19(2)28(33)31-12-8-6-4-5-7-11-29-17-22-15-21(9-10-23(22)31)27(32)30-16-20-13-24(34-3)26-25(14-20)35-18-36-26/h9-10,13-15,19,29H,4-8,11-12,16-18H2,1-3H3,(H,30,32). The van der Waals surface area contributed by atoms with Crippen molar-refractivity contribution in [3.63, 3.8) is 0 Å². The van der Waals surface area contributed by atoms with Crippen LogP contribution >= 0.6 is 0 Å². The Kier molecular flexibility index (Phi) is 8.70. The van der Waals surface area contributed by atoms with Crippen LogP contribution in [0.25, 0.3) is 0 Å². The minimum atomic E-state index is -0.178. The molecule has 0 radical (unpaired) electrons. The summed E-state index contributed by atoms with van der Waals surface area (Å²) in [5.41, 5.74) is 3.26. The summed E-state index contributed by atoms with van der Waals surface area (Å²) in [6.07, 6.45) is 5.59. The van der Waals surface area contributed by atoms with Crippen LogP contribution in [-0.2, 0) is 17.9 Å².